The Morgan fingerprint density at radius 1 is 1.22 bits per heavy atom. The molecule has 23 heavy (non-hydrogen) atoms. The highest BCUT2D eigenvalue weighted by atomic mass is 32.1. The number of methoxy groups -OCH3 is 1. The Morgan fingerprint density at radius 3 is 2.30 bits per heavy atom. The van der Waals surface area contributed by atoms with Crippen LogP contribution in [0.15, 0.2) is 24.3 Å². The van der Waals surface area contributed by atoms with Crippen LogP contribution in [0.25, 0.3) is 0 Å². The summed E-state index contributed by atoms with van der Waals surface area (Å²) < 4.78 is 5.14. The molecule has 0 saturated heterocycles. The Morgan fingerprint density at radius 2 is 1.83 bits per heavy atom. The van der Waals surface area contributed by atoms with Crippen molar-refractivity contribution in [2.24, 2.45) is 0 Å². The number of aromatic nitrogens is 1. The lowest BCUT2D eigenvalue weighted by atomic mass is 9.84. The first-order valence-corrected chi connectivity index (χ1v) is 8.01. The van der Waals surface area contributed by atoms with Gasteiger partial charge in [-0.2, -0.15) is 0 Å². The van der Waals surface area contributed by atoms with Gasteiger partial charge in [0.2, 0.25) is 5.91 Å². The third-order valence-corrected chi connectivity index (χ3v) is 4.89. The van der Waals surface area contributed by atoms with E-state index < -0.39 is 5.41 Å². The Kier molecular flexibility index (Phi) is 4.85. The topological polar surface area (TPSA) is 68.3 Å². The van der Waals surface area contributed by atoms with Gasteiger partial charge >= 0.3 is 0 Å². The lowest BCUT2D eigenvalue weighted by molar-refractivity contribution is -0.120. The minimum atomic E-state index is -0.734. The van der Waals surface area contributed by atoms with Gasteiger partial charge in [0.1, 0.15) is 5.75 Å². The summed E-state index contributed by atoms with van der Waals surface area (Å²) >= 11 is 1.20. The number of nitrogens with zero attached hydrogens (tertiary/aromatic N) is 1. The number of amides is 1. The number of ether oxygens (including phenoxy) is 1. The van der Waals surface area contributed by atoms with E-state index in [0.717, 1.165) is 11.3 Å². The molecule has 0 unspecified atom stereocenters. The van der Waals surface area contributed by atoms with E-state index in [1.807, 2.05) is 38.1 Å². The van der Waals surface area contributed by atoms with Crippen molar-refractivity contribution in [3.63, 3.8) is 0 Å². The molecule has 0 aliphatic carbocycles. The van der Waals surface area contributed by atoms with E-state index in [9.17, 15) is 9.59 Å². The van der Waals surface area contributed by atoms with Gasteiger partial charge in [-0.25, -0.2) is 4.98 Å². The third kappa shape index (κ3) is 3.59. The number of carbonyl (C=O) groups excluding carboxylic acids is 2. The molecule has 1 amide bonds. The van der Waals surface area contributed by atoms with Gasteiger partial charge in [-0.15, -0.1) is 0 Å². The number of aryl methyl sites for hydroxylation is 1. The molecule has 0 aliphatic rings. The molecular weight excluding hydrogens is 312 g/mol. The summed E-state index contributed by atoms with van der Waals surface area (Å²) in [6, 6.07) is 7.39. The largest absolute Gasteiger partial charge is 0.497 e. The molecule has 1 aromatic heterocycles. The normalized spacial score (nSPS) is 11.2. The summed E-state index contributed by atoms with van der Waals surface area (Å²) in [6.07, 6.45) is 0. The molecule has 6 heteroatoms. The number of hydrogen-bond acceptors (Lipinski definition) is 5. The second-order valence-corrected chi connectivity index (χ2v) is 6.80. The smallest absolute Gasteiger partial charge is 0.236 e. The Bertz CT molecular complexity index is 733. The molecule has 0 bridgehead atoms. The van der Waals surface area contributed by atoms with Crippen LogP contribution in [0.4, 0.5) is 5.13 Å². The summed E-state index contributed by atoms with van der Waals surface area (Å²) in [5.41, 5.74) is 0.776. The van der Waals surface area contributed by atoms with Gasteiger partial charge < -0.3 is 10.1 Å². The molecule has 0 atom stereocenters. The fourth-order valence-electron chi connectivity index (χ4n) is 2.17. The van der Waals surface area contributed by atoms with E-state index >= 15 is 0 Å². The standard InChI is InChI=1S/C17H20N2O3S/c1-10-14(11(2)20)23-16(18-10)19-15(21)17(3,4)12-6-8-13(22-5)9-7-12/h6-9H,1-5H3,(H,18,19,21). The van der Waals surface area contributed by atoms with E-state index in [-0.39, 0.29) is 11.7 Å². The van der Waals surface area contributed by atoms with Crippen molar-refractivity contribution in [3.05, 3.63) is 40.4 Å². The second kappa shape index (κ2) is 6.50. The SMILES string of the molecule is COc1ccc(C(C)(C)C(=O)Nc2nc(C)c(C(C)=O)s2)cc1. The molecule has 122 valence electrons. The maximum Gasteiger partial charge on any atom is 0.236 e. The number of anilines is 1. The summed E-state index contributed by atoms with van der Waals surface area (Å²) in [7, 11) is 1.60. The Labute approximate surface area is 139 Å². The van der Waals surface area contributed by atoms with Gasteiger partial charge in [0.15, 0.2) is 10.9 Å². The zero-order valence-electron chi connectivity index (χ0n) is 13.9. The van der Waals surface area contributed by atoms with Gasteiger partial charge in [-0.1, -0.05) is 23.5 Å². The quantitative estimate of drug-likeness (QED) is 0.850. The molecule has 0 saturated carbocycles. The number of ketones is 1. The van der Waals surface area contributed by atoms with Crippen LogP contribution in [-0.2, 0) is 10.2 Å². The lowest BCUT2D eigenvalue weighted by Gasteiger charge is -2.23. The van der Waals surface area contributed by atoms with Gasteiger partial charge in [0.25, 0.3) is 0 Å². The van der Waals surface area contributed by atoms with Crippen molar-refractivity contribution >= 4 is 28.2 Å². The van der Waals surface area contributed by atoms with E-state index in [1.54, 1.807) is 14.0 Å². The summed E-state index contributed by atoms with van der Waals surface area (Å²) in [4.78, 5) is 28.9. The van der Waals surface area contributed by atoms with E-state index in [0.29, 0.717) is 15.7 Å². The number of rotatable bonds is 5. The highest BCUT2D eigenvalue weighted by Crippen LogP contribution is 2.29. The fraction of sp³-hybridized carbons (Fsp3) is 0.353. The average Bonchev–Trinajstić information content (AvgIpc) is 2.88. The van der Waals surface area contributed by atoms with Crippen LogP contribution in [0.2, 0.25) is 0 Å². The predicted molar refractivity (Wildman–Crippen MR) is 91.5 cm³/mol. The molecule has 5 nitrogen and oxygen atoms in total. The molecule has 2 aromatic rings. The first-order chi connectivity index (χ1) is 10.8. The summed E-state index contributed by atoms with van der Waals surface area (Å²) in [6.45, 7) is 6.94. The van der Waals surface area contributed by atoms with E-state index in [2.05, 4.69) is 10.3 Å². The van der Waals surface area contributed by atoms with Gasteiger partial charge in [-0.3, -0.25) is 9.59 Å². The van der Waals surface area contributed by atoms with Gasteiger partial charge in [-0.05, 0) is 38.5 Å². The van der Waals surface area contributed by atoms with Crippen LogP contribution in [-0.4, -0.2) is 23.8 Å². The molecule has 1 aromatic carbocycles. The van der Waals surface area contributed by atoms with Crippen LogP contribution in [0.3, 0.4) is 0 Å². The predicted octanol–water partition coefficient (Wildman–Crippen LogP) is 3.58. The number of hydrogen-bond donors (Lipinski definition) is 1. The highest BCUT2D eigenvalue weighted by Gasteiger charge is 2.30. The Balaban J connectivity index is 2.20. The van der Waals surface area contributed by atoms with Crippen molar-refractivity contribution in [2.75, 3.05) is 12.4 Å². The van der Waals surface area contributed by atoms with Crippen molar-refractivity contribution in [1.82, 2.24) is 4.98 Å². The van der Waals surface area contributed by atoms with E-state index in [1.165, 1.54) is 18.3 Å². The van der Waals surface area contributed by atoms with Crippen molar-refractivity contribution in [1.29, 1.82) is 0 Å². The van der Waals surface area contributed by atoms with Crippen LogP contribution < -0.4 is 10.1 Å². The number of thiazole rings is 1. The number of nitrogens with one attached hydrogen (secondary N) is 1. The minimum absolute atomic E-state index is 0.0464. The minimum Gasteiger partial charge on any atom is -0.497 e. The second-order valence-electron chi connectivity index (χ2n) is 5.80. The number of carbonyl (C=O) groups is 2. The van der Waals surface area contributed by atoms with Crippen LogP contribution in [0.1, 0.15) is 41.7 Å². The fourth-order valence-corrected chi connectivity index (χ4v) is 3.03. The first kappa shape index (κ1) is 17.1. The first-order valence-electron chi connectivity index (χ1n) is 7.20. The lowest BCUT2D eigenvalue weighted by Crippen LogP contribution is -2.34. The average molecular weight is 332 g/mol. The highest BCUT2D eigenvalue weighted by molar-refractivity contribution is 7.17. The number of Topliss-reactive ketones (excluding diaryl/α,β-unsaturated/α-hetero) is 1. The summed E-state index contributed by atoms with van der Waals surface area (Å²) in [5, 5.41) is 3.25. The van der Waals surface area contributed by atoms with E-state index in [4.69, 9.17) is 4.74 Å². The van der Waals surface area contributed by atoms with Crippen LogP contribution in [0, 0.1) is 6.92 Å². The molecule has 1 heterocycles. The molecular formula is C17H20N2O3S. The van der Waals surface area contributed by atoms with Gasteiger partial charge in [0.05, 0.1) is 23.1 Å². The molecule has 0 aliphatic heterocycles. The molecule has 0 spiro atoms. The number of benzene rings is 1. The third-order valence-electron chi connectivity index (χ3n) is 3.72. The molecule has 1 N–H and O–H groups in total. The summed E-state index contributed by atoms with van der Waals surface area (Å²) in [5.74, 6) is 0.521. The molecule has 2 rings (SSSR count). The van der Waals surface area contributed by atoms with Crippen molar-refractivity contribution < 1.29 is 14.3 Å². The molecule has 0 fully saturated rings. The maximum absolute atomic E-state index is 12.6. The Hall–Kier alpha value is -2.21. The maximum atomic E-state index is 12.6. The van der Waals surface area contributed by atoms with Crippen molar-refractivity contribution in [2.45, 2.75) is 33.1 Å². The van der Waals surface area contributed by atoms with Crippen LogP contribution >= 0.6 is 11.3 Å². The van der Waals surface area contributed by atoms with Gasteiger partial charge in [0, 0.05) is 6.92 Å². The monoisotopic (exact) mass is 332 g/mol. The molecule has 0 radical (unpaired) electrons. The van der Waals surface area contributed by atoms with Crippen LogP contribution in [0.5, 0.6) is 5.75 Å². The zero-order valence-corrected chi connectivity index (χ0v) is 14.7. The van der Waals surface area contributed by atoms with Crippen molar-refractivity contribution in [3.8, 4) is 5.75 Å². The zero-order chi connectivity index (χ0) is 17.2.